The van der Waals surface area contributed by atoms with Gasteiger partial charge in [0.15, 0.2) is 5.69 Å². The molecule has 2 heterocycles. The SMILES string of the molecule is O=C(NCCCC1CCCC1)c1cn(C2CNC2)nn1. The highest BCUT2D eigenvalue weighted by molar-refractivity contribution is 5.91. The number of rotatable bonds is 6. The van der Waals surface area contributed by atoms with Crippen molar-refractivity contribution in [3.63, 3.8) is 0 Å². The van der Waals surface area contributed by atoms with Crippen LogP contribution in [0.2, 0.25) is 0 Å². The van der Waals surface area contributed by atoms with Crippen molar-refractivity contribution in [2.75, 3.05) is 19.6 Å². The molecule has 1 amide bonds. The van der Waals surface area contributed by atoms with E-state index < -0.39 is 0 Å². The maximum absolute atomic E-state index is 11.9. The smallest absolute Gasteiger partial charge is 0.273 e. The molecule has 0 bridgehead atoms. The summed E-state index contributed by atoms with van der Waals surface area (Å²) in [7, 11) is 0. The van der Waals surface area contributed by atoms with E-state index in [4.69, 9.17) is 0 Å². The molecular formula is C14H23N5O. The first-order chi connectivity index (χ1) is 9.83. The first-order valence-corrected chi connectivity index (χ1v) is 7.73. The molecule has 2 aliphatic rings. The molecule has 110 valence electrons. The number of aromatic nitrogens is 3. The zero-order valence-electron chi connectivity index (χ0n) is 11.8. The highest BCUT2D eigenvalue weighted by atomic mass is 16.2. The minimum atomic E-state index is -0.102. The van der Waals surface area contributed by atoms with Gasteiger partial charge in [0.25, 0.3) is 5.91 Å². The highest BCUT2D eigenvalue weighted by Gasteiger charge is 2.21. The van der Waals surface area contributed by atoms with E-state index in [1.165, 1.54) is 32.1 Å². The molecule has 1 aliphatic carbocycles. The van der Waals surface area contributed by atoms with Crippen LogP contribution < -0.4 is 10.6 Å². The average molecular weight is 277 g/mol. The summed E-state index contributed by atoms with van der Waals surface area (Å²) < 4.78 is 1.78. The van der Waals surface area contributed by atoms with Crippen LogP contribution in [0.3, 0.4) is 0 Å². The number of hydrogen-bond donors (Lipinski definition) is 2. The van der Waals surface area contributed by atoms with Crippen molar-refractivity contribution in [1.29, 1.82) is 0 Å². The molecule has 2 N–H and O–H groups in total. The Bertz CT molecular complexity index is 448. The molecule has 0 spiro atoms. The lowest BCUT2D eigenvalue weighted by Gasteiger charge is -2.26. The fourth-order valence-electron chi connectivity index (χ4n) is 3.00. The third kappa shape index (κ3) is 3.17. The second-order valence-corrected chi connectivity index (χ2v) is 5.94. The van der Waals surface area contributed by atoms with Gasteiger partial charge in [-0.05, 0) is 18.8 Å². The molecule has 1 saturated carbocycles. The van der Waals surface area contributed by atoms with Crippen LogP contribution in [-0.4, -0.2) is 40.5 Å². The molecule has 6 heteroatoms. The van der Waals surface area contributed by atoms with Gasteiger partial charge in [0.2, 0.25) is 0 Å². The molecule has 1 aromatic rings. The predicted octanol–water partition coefficient (Wildman–Crippen LogP) is 1.12. The third-order valence-corrected chi connectivity index (χ3v) is 4.43. The van der Waals surface area contributed by atoms with Crippen LogP contribution >= 0.6 is 0 Å². The molecule has 1 saturated heterocycles. The van der Waals surface area contributed by atoms with E-state index in [1.807, 2.05) is 0 Å². The average Bonchev–Trinajstić information content (AvgIpc) is 3.03. The first kappa shape index (κ1) is 13.5. The number of hydrogen-bond acceptors (Lipinski definition) is 4. The van der Waals surface area contributed by atoms with Crippen LogP contribution in [0.25, 0.3) is 0 Å². The summed E-state index contributed by atoms with van der Waals surface area (Å²) in [5, 5.41) is 14.1. The van der Waals surface area contributed by atoms with Crippen molar-refractivity contribution < 1.29 is 4.79 Å². The molecule has 6 nitrogen and oxygen atoms in total. The molecule has 1 aromatic heterocycles. The van der Waals surface area contributed by atoms with Gasteiger partial charge in [-0.1, -0.05) is 30.9 Å². The Morgan fingerprint density at radius 1 is 1.40 bits per heavy atom. The number of amides is 1. The van der Waals surface area contributed by atoms with E-state index in [0.29, 0.717) is 11.7 Å². The Balaban J connectivity index is 1.38. The predicted molar refractivity (Wildman–Crippen MR) is 75.5 cm³/mol. The van der Waals surface area contributed by atoms with Gasteiger partial charge in [-0.15, -0.1) is 5.10 Å². The van der Waals surface area contributed by atoms with Gasteiger partial charge < -0.3 is 10.6 Å². The summed E-state index contributed by atoms with van der Waals surface area (Å²) in [4.78, 5) is 11.9. The van der Waals surface area contributed by atoms with Crippen LogP contribution in [0.5, 0.6) is 0 Å². The molecule has 1 aliphatic heterocycles. The fourth-order valence-corrected chi connectivity index (χ4v) is 3.00. The van der Waals surface area contributed by atoms with Gasteiger partial charge in [0, 0.05) is 19.6 Å². The quantitative estimate of drug-likeness (QED) is 0.764. The van der Waals surface area contributed by atoms with Crippen LogP contribution in [0.4, 0.5) is 0 Å². The van der Waals surface area contributed by atoms with E-state index in [9.17, 15) is 4.79 Å². The number of nitrogens with one attached hydrogen (secondary N) is 2. The zero-order chi connectivity index (χ0) is 13.8. The Morgan fingerprint density at radius 2 is 2.20 bits per heavy atom. The van der Waals surface area contributed by atoms with Crippen LogP contribution in [-0.2, 0) is 0 Å². The highest BCUT2D eigenvalue weighted by Crippen LogP contribution is 2.28. The Hall–Kier alpha value is -1.43. The summed E-state index contributed by atoms with van der Waals surface area (Å²) in [6.45, 7) is 2.56. The lowest BCUT2D eigenvalue weighted by Crippen LogP contribution is -2.43. The van der Waals surface area contributed by atoms with Crippen molar-refractivity contribution in [1.82, 2.24) is 25.6 Å². The van der Waals surface area contributed by atoms with Gasteiger partial charge >= 0.3 is 0 Å². The van der Waals surface area contributed by atoms with Gasteiger partial charge in [-0.3, -0.25) is 4.79 Å². The van der Waals surface area contributed by atoms with E-state index >= 15 is 0 Å². The lowest BCUT2D eigenvalue weighted by atomic mass is 10.0. The van der Waals surface area contributed by atoms with E-state index in [-0.39, 0.29) is 5.91 Å². The minimum absolute atomic E-state index is 0.102. The van der Waals surface area contributed by atoms with Crippen molar-refractivity contribution in [2.45, 2.75) is 44.6 Å². The summed E-state index contributed by atoms with van der Waals surface area (Å²) in [6.07, 6.45) is 9.57. The topological polar surface area (TPSA) is 71.8 Å². The standard InChI is InChI=1S/C14H23N5O/c20-14(16-7-3-6-11-4-1-2-5-11)13-10-19(18-17-13)12-8-15-9-12/h10-12,15H,1-9H2,(H,16,20). The fraction of sp³-hybridized carbons (Fsp3) is 0.786. The zero-order valence-corrected chi connectivity index (χ0v) is 11.8. The maximum Gasteiger partial charge on any atom is 0.273 e. The van der Waals surface area contributed by atoms with Gasteiger partial charge in [0.05, 0.1) is 12.2 Å². The normalized spacial score (nSPS) is 20.0. The van der Waals surface area contributed by atoms with E-state index in [1.54, 1.807) is 10.9 Å². The van der Waals surface area contributed by atoms with Crippen LogP contribution in [0.1, 0.15) is 55.1 Å². The van der Waals surface area contributed by atoms with Gasteiger partial charge in [-0.2, -0.15) is 0 Å². The Labute approximate surface area is 119 Å². The second-order valence-electron chi connectivity index (χ2n) is 5.94. The maximum atomic E-state index is 11.9. The summed E-state index contributed by atoms with van der Waals surface area (Å²) in [6, 6.07) is 0.353. The van der Waals surface area contributed by atoms with Crippen molar-refractivity contribution in [2.24, 2.45) is 5.92 Å². The molecule has 0 unspecified atom stereocenters. The molecule has 3 rings (SSSR count). The molecule has 2 fully saturated rings. The monoisotopic (exact) mass is 277 g/mol. The van der Waals surface area contributed by atoms with Gasteiger partial charge in [0.1, 0.15) is 0 Å². The number of carbonyl (C=O) groups is 1. The van der Waals surface area contributed by atoms with Crippen molar-refractivity contribution in [3.8, 4) is 0 Å². The first-order valence-electron chi connectivity index (χ1n) is 7.73. The number of carbonyl (C=O) groups excluding carboxylic acids is 1. The molecular weight excluding hydrogens is 254 g/mol. The second kappa shape index (κ2) is 6.35. The summed E-state index contributed by atoms with van der Waals surface area (Å²) in [5.74, 6) is 0.786. The Kier molecular flexibility index (Phi) is 4.30. The van der Waals surface area contributed by atoms with Crippen molar-refractivity contribution in [3.05, 3.63) is 11.9 Å². The largest absolute Gasteiger partial charge is 0.351 e. The summed E-state index contributed by atoms with van der Waals surface area (Å²) >= 11 is 0. The summed E-state index contributed by atoms with van der Waals surface area (Å²) in [5.41, 5.74) is 0.428. The van der Waals surface area contributed by atoms with Gasteiger partial charge in [-0.25, -0.2) is 4.68 Å². The van der Waals surface area contributed by atoms with E-state index in [0.717, 1.165) is 32.0 Å². The van der Waals surface area contributed by atoms with E-state index in [2.05, 4.69) is 20.9 Å². The van der Waals surface area contributed by atoms with Crippen LogP contribution in [0, 0.1) is 5.92 Å². The lowest BCUT2D eigenvalue weighted by molar-refractivity contribution is 0.0947. The number of nitrogens with zero attached hydrogens (tertiary/aromatic N) is 3. The third-order valence-electron chi connectivity index (χ3n) is 4.43. The van der Waals surface area contributed by atoms with Crippen molar-refractivity contribution >= 4 is 5.91 Å². The molecule has 0 atom stereocenters. The molecule has 20 heavy (non-hydrogen) atoms. The molecule has 0 aromatic carbocycles. The minimum Gasteiger partial charge on any atom is -0.351 e. The Morgan fingerprint density at radius 3 is 2.90 bits per heavy atom. The molecule has 0 radical (unpaired) electrons. The van der Waals surface area contributed by atoms with Crippen LogP contribution in [0.15, 0.2) is 6.20 Å².